The Morgan fingerprint density at radius 2 is 2.16 bits per heavy atom. The predicted molar refractivity (Wildman–Crippen MR) is 123 cm³/mol. The fraction of sp³-hybridized carbons (Fsp3) is 0.435. The molecule has 0 saturated carbocycles. The SMILES string of the molecule is C=NC1=C(N=C(C)c2ccc(-c3ncn[nH]3)cc2C)N(CCC2CCOCC2)CC(=O)N1. The maximum atomic E-state index is 12.2. The molecule has 168 valence electrons. The smallest absolute Gasteiger partial charge is 0.245 e. The zero-order valence-corrected chi connectivity index (χ0v) is 18.6. The molecule has 9 heteroatoms. The number of benzene rings is 1. The van der Waals surface area contributed by atoms with Crippen LogP contribution in [0.25, 0.3) is 11.4 Å². The fourth-order valence-corrected chi connectivity index (χ4v) is 4.20. The molecule has 0 radical (unpaired) electrons. The lowest BCUT2D eigenvalue weighted by molar-refractivity contribution is -0.122. The molecular weight excluding hydrogens is 406 g/mol. The molecule has 4 rings (SSSR count). The van der Waals surface area contributed by atoms with Crippen molar-refractivity contribution < 1.29 is 9.53 Å². The largest absolute Gasteiger partial charge is 0.381 e. The number of amides is 1. The van der Waals surface area contributed by atoms with Crippen molar-refractivity contribution in [1.82, 2.24) is 25.4 Å². The third-order valence-electron chi connectivity index (χ3n) is 5.99. The number of ether oxygens (including phenoxy) is 1. The number of aliphatic imine (C=N–C) groups is 2. The van der Waals surface area contributed by atoms with Crippen molar-refractivity contribution >= 4 is 18.3 Å². The van der Waals surface area contributed by atoms with Gasteiger partial charge in [-0.05, 0) is 62.9 Å². The van der Waals surface area contributed by atoms with Gasteiger partial charge in [-0.25, -0.2) is 15.0 Å². The minimum absolute atomic E-state index is 0.0939. The van der Waals surface area contributed by atoms with Crippen LogP contribution in [0.2, 0.25) is 0 Å². The molecule has 1 aromatic carbocycles. The number of aryl methyl sites for hydroxylation is 1. The monoisotopic (exact) mass is 435 g/mol. The second kappa shape index (κ2) is 9.86. The topological polar surface area (TPSA) is 108 Å². The minimum Gasteiger partial charge on any atom is -0.381 e. The van der Waals surface area contributed by atoms with E-state index in [1.807, 2.05) is 30.9 Å². The van der Waals surface area contributed by atoms with E-state index in [1.165, 1.54) is 6.33 Å². The average molecular weight is 436 g/mol. The first-order valence-electron chi connectivity index (χ1n) is 10.9. The van der Waals surface area contributed by atoms with Gasteiger partial charge in [0.15, 0.2) is 17.5 Å². The van der Waals surface area contributed by atoms with E-state index in [0.29, 0.717) is 17.6 Å². The Labute approximate surface area is 187 Å². The van der Waals surface area contributed by atoms with Crippen LogP contribution in [0.5, 0.6) is 0 Å². The molecule has 0 spiro atoms. The summed E-state index contributed by atoms with van der Waals surface area (Å²) in [5.74, 6) is 2.30. The Kier molecular flexibility index (Phi) is 6.75. The van der Waals surface area contributed by atoms with Gasteiger partial charge in [0.05, 0.1) is 6.54 Å². The summed E-state index contributed by atoms with van der Waals surface area (Å²) < 4.78 is 5.47. The molecule has 2 aromatic rings. The van der Waals surface area contributed by atoms with Crippen molar-refractivity contribution in [3.63, 3.8) is 0 Å². The molecule has 1 aromatic heterocycles. The fourth-order valence-electron chi connectivity index (χ4n) is 4.20. The van der Waals surface area contributed by atoms with Crippen LogP contribution >= 0.6 is 0 Å². The first kappa shape index (κ1) is 21.9. The summed E-state index contributed by atoms with van der Waals surface area (Å²) in [5, 5.41) is 9.61. The van der Waals surface area contributed by atoms with Crippen molar-refractivity contribution in [2.75, 3.05) is 26.3 Å². The summed E-state index contributed by atoms with van der Waals surface area (Å²) in [6, 6.07) is 6.08. The Bertz CT molecular complexity index is 1040. The first-order valence-corrected chi connectivity index (χ1v) is 10.9. The maximum absolute atomic E-state index is 12.2. The molecule has 9 nitrogen and oxygen atoms in total. The molecule has 32 heavy (non-hydrogen) atoms. The number of carbonyl (C=O) groups is 1. The van der Waals surface area contributed by atoms with Crippen LogP contribution < -0.4 is 5.32 Å². The molecule has 0 atom stereocenters. The lowest BCUT2D eigenvalue weighted by atomic mass is 9.96. The summed E-state index contributed by atoms with van der Waals surface area (Å²) in [5.41, 5.74) is 3.90. The third kappa shape index (κ3) is 4.94. The summed E-state index contributed by atoms with van der Waals surface area (Å²) in [6.45, 7) is 10.3. The molecular formula is C23H29N7O2. The molecule has 3 heterocycles. The van der Waals surface area contributed by atoms with Crippen LogP contribution in [0.1, 0.15) is 37.3 Å². The van der Waals surface area contributed by atoms with E-state index < -0.39 is 0 Å². The second-order valence-corrected chi connectivity index (χ2v) is 8.21. The van der Waals surface area contributed by atoms with Gasteiger partial charge in [0.1, 0.15) is 6.33 Å². The van der Waals surface area contributed by atoms with Crippen molar-refractivity contribution in [2.24, 2.45) is 15.9 Å². The predicted octanol–water partition coefficient (Wildman–Crippen LogP) is 2.66. The van der Waals surface area contributed by atoms with Gasteiger partial charge in [-0.15, -0.1) is 0 Å². The molecule has 1 saturated heterocycles. The number of aromatic nitrogens is 3. The van der Waals surface area contributed by atoms with Gasteiger partial charge in [-0.1, -0.05) is 12.1 Å². The van der Waals surface area contributed by atoms with Gasteiger partial charge in [0.25, 0.3) is 0 Å². The Balaban J connectivity index is 1.59. The van der Waals surface area contributed by atoms with Gasteiger partial charge in [-0.3, -0.25) is 9.89 Å². The van der Waals surface area contributed by atoms with Crippen LogP contribution in [-0.4, -0.2) is 64.7 Å². The molecule has 0 aliphatic carbocycles. The second-order valence-electron chi connectivity index (χ2n) is 8.21. The van der Waals surface area contributed by atoms with E-state index in [-0.39, 0.29) is 12.5 Å². The van der Waals surface area contributed by atoms with Crippen molar-refractivity contribution in [1.29, 1.82) is 0 Å². The van der Waals surface area contributed by atoms with E-state index in [1.54, 1.807) is 0 Å². The number of nitrogens with zero attached hydrogens (tertiary/aromatic N) is 5. The van der Waals surface area contributed by atoms with Crippen molar-refractivity contribution in [2.45, 2.75) is 33.1 Å². The molecule has 1 fully saturated rings. The van der Waals surface area contributed by atoms with Crippen LogP contribution in [0, 0.1) is 12.8 Å². The highest BCUT2D eigenvalue weighted by Gasteiger charge is 2.26. The number of hydrogen-bond acceptors (Lipinski definition) is 7. The summed E-state index contributed by atoms with van der Waals surface area (Å²) in [7, 11) is 0. The first-order chi connectivity index (χ1) is 15.5. The highest BCUT2D eigenvalue weighted by molar-refractivity contribution is 6.01. The van der Waals surface area contributed by atoms with E-state index in [2.05, 4.69) is 38.3 Å². The summed E-state index contributed by atoms with van der Waals surface area (Å²) >= 11 is 0. The molecule has 2 N–H and O–H groups in total. The normalized spacial score (nSPS) is 18.1. The summed E-state index contributed by atoms with van der Waals surface area (Å²) in [6.07, 6.45) is 4.60. The Morgan fingerprint density at radius 3 is 2.84 bits per heavy atom. The number of hydrogen-bond donors (Lipinski definition) is 2. The van der Waals surface area contributed by atoms with E-state index >= 15 is 0 Å². The van der Waals surface area contributed by atoms with E-state index in [0.717, 1.165) is 67.2 Å². The van der Waals surface area contributed by atoms with E-state index in [9.17, 15) is 4.79 Å². The Morgan fingerprint density at radius 1 is 1.34 bits per heavy atom. The van der Waals surface area contributed by atoms with Crippen molar-refractivity contribution in [3.05, 3.63) is 47.3 Å². The molecule has 0 bridgehead atoms. The van der Waals surface area contributed by atoms with Gasteiger partial charge >= 0.3 is 0 Å². The highest BCUT2D eigenvalue weighted by Crippen LogP contribution is 2.24. The Hall–Kier alpha value is -3.33. The maximum Gasteiger partial charge on any atom is 0.245 e. The van der Waals surface area contributed by atoms with Crippen LogP contribution in [-0.2, 0) is 9.53 Å². The molecule has 0 unspecified atom stereocenters. The summed E-state index contributed by atoms with van der Waals surface area (Å²) in [4.78, 5) is 27.4. The quantitative estimate of drug-likeness (QED) is 0.650. The number of nitrogens with one attached hydrogen (secondary N) is 2. The van der Waals surface area contributed by atoms with Crippen LogP contribution in [0.4, 0.5) is 0 Å². The van der Waals surface area contributed by atoms with Gasteiger partial charge in [0, 0.05) is 31.0 Å². The minimum atomic E-state index is -0.0939. The van der Waals surface area contributed by atoms with Crippen LogP contribution in [0.3, 0.4) is 0 Å². The number of rotatable bonds is 7. The number of H-pyrrole nitrogens is 1. The molecule has 2 aliphatic rings. The number of aromatic amines is 1. The average Bonchev–Trinajstić information content (AvgIpc) is 3.34. The standard InChI is InChI=1S/C23H29N7O2/c1-15-12-18(21-25-14-26-29-21)4-5-19(15)16(2)27-23-22(24-3)28-20(31)13-30(23)9-6-17-7-10-32-11-8-17/h4-5,12,14,17H,3,6-11,13H2,1-2H3,(H,28,31)(H,25,26,29). The van der Waals surface area contributed by atoms with Gasteiger partial charge in [0.2, 0.25) is 5.91 Å². The molecule has 1 amide bonds. The zero-order chi connectivity index (χ0) is 22.5. The number of carbonyl (C=O) groups excluding carboxylic acids is 1. The zero-order valence-electron chi connectivity index (χ0n) is 18.6. The molecule has 2 aliphatic heterocycles. The van der Waals surface area contributed by atoms with Crippen molar-refractivity contribution in [3.8, 4) is 11.4 Å². The lowest BCUT2D eigenvalue weighted by Crippen LogP contribution is -2.43. The van der Waals surface area contributed by atoms with Crippen LogP contribution in [0.15, 0.2) is 46.2 Å². The highest BCUT2D eigenvalue weighted by atomic mass is 16.5. The van der Waals surface area contributed by atoms with E-state index in [4.69, 9.17) is 9.73 Å². The van der Waals surface area contributed by atoms with Gasteiger partial charge in [-0.2, -0.15) is 5.10 Å². The van der Waals surface area contributed by atoms with Gasteiger partial charge < -0.3 is 15.0 Å². The lowest BCUT2D eigenvalue weighted by Gasteiger charge is -2.32. The third-order valence-corrected chi connectivity index (χ3v) is 5.99.